The molecule has 14 heteroatoms. The number of hydrogen-bond donors (Lipinski definition) is 2. The van der Waals surface area contributed by atoms with E-state index in [1.807, 2.05) is 0 Å². The molecule has 0 spiro atoms. The van der Waals surface area contributed by atoms with Crippen LogP contribution in [-0.2, 0) is 40.3 Å². The van der Waals surface area contributed by atoms with E-state index < -0.39 is 59.4 Å². The molecule has 32 heavy (non-hydrogen) atoms. The lowest BCUT2D eigenvalue weighted by Crippen LogP contribution is -2.57. The molecule has 176 valence electrons. The SMILES string of the molecule is C=CCn1c(=O)n(CC(O)CC)c(=O)n(CC(O)Cn2c(=O)n(C)c(=O)n(C)c2=O)c1=O. The van der Waals surface area contributed by atoms with Crippen molar-refractivity contribution < 1.29 is 10.2 Å². The lowest BCUT2D eigenvalue weighted by molar-refractivity contribution is 0.120. The minimum Gasteiger partial charge on any atom is -0.391 e. The number of allylic oxidation sites excluding steroid dienone is 1. The van der Waals surface area contributed by atoms with Crippen molar-refractivity contribution in [3.05, 3.63) is 75.6 Å². The molecule has 0 aliphatic heterocycles. The third-order valence-corrected chi connectivity index (χ3v) is 4.96. The fraction of sp³-hybridized carbons (Fsp3) is 0.556. The summed E-state index contributed by atoms with van der Waals surface area (Å²) in [6, 6.07) is 0. The van der Waals surface area contributed by atoms with Gasteiger partial charge in [0, 0.05) is 14.1 Å². The Morgan fingerprint density at radius 3 is 1.47 bits per heavy atom. The van der Waals surface area contributed by atoms with E-state index in [1.165, 1.54) is 6.08 Å². The van der Waals surface area contributed by atoms with E-state index in [9.17, 15) is 39.0 Å². The molecule has 2 aromatic rings. The van der Waals surface area contributed by atoms with Gasteiger partial charge in [-0.15, -0.1) is 6.58 Å². The van der Waals surface area contributed by atoms with Crippen LogP contribution in [0.3, 0.4) is 0 Å². The van der Waals surface area contributed by atoms with Crippen molar-refractivity contribution in [1.29, 1.82) is 0 Å². The number of aliphatic hydroxyl groups excluding tert-OH is 2. The van der Waals surface area contributed by atoms with Crippen molar-refractivity contribution in [1.82, 2.24) is 27.4 Å². The van der Waals surface area contributed by atoms with Crippen LogP contribution in [0.2, 0.25) is 0 Å². The fourth-order valence-corrected chi connectivity index (χ4v) is 3.09. The molecule has 0 aliphatic rings. The molecule has 2 N–H and O–H groups in total. The number of nitrogens with zero attached hydrogens (tertiary/aromatic N) is 6. The Morgan fingerprint density at radius 2 is 1.06 bits per heavy atom. The van der Waals surface area contributed by atoms with Crippen molar-refractivity contribution >= 4 is 0 Å². The first kappa shape index (κ1) is 24.7. The van der Waals surface area contributed by atoms with Gasteiger partial charge in [0.1, 0.15) is 0 Å². The highest BCUT2D eigenvalue weighted by atomic mass is 16.3. The Morgan fingerprint density at radius 1 is 0.688 bits per heavy atom. The van der Waals surface area contributed by atoms with Gasteiger partial charge < -0.3 is 10.2 Å². The first-order valence-electron chi connectivity index (χ1n) is 9.74. The van der Waals surface area contributed by atoms with Crippen molar-refractivity contribution in [3.8, 4) is 0 Å². The van der Waals surface area contributed by atoms with Crippen molar-refractivity contribution in [2.75, 3.05) is 0 Å². The van der Waals surface area contributed by atoms with Crippen LogP contribution in [0.1, 0.15) is 13.3 Å². The normalized spacial score (nSPS) is 13.2. The highest BCUT2D eigenvalue weighted by Crippen LogP contribution is 1.93. The van der Waals surface area contributed by atoms with Crippen molar-refractivity contribution in [3.63, 3.8) is 0 Å². The van der Waals surface area contributed by atoms with Gasteiger partial charge in [-0.2, -0.15) is 0 Å². The standard InChI is InChI=1S/C18H26N6O8/c1-5-7-21-16(30)23(8-11(25)6-2)18(32)24(17(21)31)10-12(26)9-22-14(28)19(3)13(27)20(4)15(22)29/h5,11-12,25-26H,1,6-10H2,2-4H3. The van der Waals surface area contributed by atoms with Gasteiger partial charge in [-0.3, -0.25) is 0 Å². The molecular weight excluding hydrogens is 428 g/mol. The largest absolute Gasteiger partial charge is 0.391 e. The van der Waals surface area contributed by atoms with Crippen LogP contribution < -0.4 is 34.1 Å². The van der Waals surface area contributed by atoms with Gasteiger partial charge in [-0.25, -0.2) is 56.2 Å². The summed E-state index contributed by atoms with van der Waals surface area (Å²) in [4.78, 5) is 74.3. The molecule has 0 radical (unpaired) electrons. The number of aromatic nitrogens is 6. The lowest BCUT2D eigenvalue weighted by atomic mass is 10.3. The van der Waals surface area contributed by atoms with Gasteiger partial charge in [-0.05, 0) is 6.42 Å². The quantitative estimate of drug-likeness (QED) is 0.359. The monoisotopic (exact) mass is 454 g/mol. The smallest absolute Gasteiger partial charge is 0.336 e. The summed E-state index contributed by atoms with van der Waals surface area (Å²) in [5.74, 6) is 0. The molecule has 0 amide bonds. The van der Waals surface area contributed by atoms with Crippen LogP contribution in [0.4, 0.5) is 0 Å². The maximum Gasteiger partial charge on any atom is 0.336 e. The maximum atomic E-state index is 12.8. The van der Waals surface area contributed by atoms with Crippen LogP contribution in [0.25, 0.3) is 0 Å². The van der Waals surface area contributed by atoms with Crippen LogP contribution in [0, 0.1) is 0 Å². The first-order valence-corrected chi connectivity index (χ1v) is 9.74. The van der Waals surface area contributed by atoms with Gasteiger partial charge in [0.15, 0.2) is 0 Å². The van der Waals surface area contributed by atoms with Gasteiger partial charge in [0.2, 0.25) is 0 Å². The van der Waals surface area contributed by atoms with Crippen LogP contribution in [0.15, 0.2) is 41.4 Å². The minimum absolute atomic E-state index is 0.225. The summed E-state index contributed by atoms with van der Waals surface area (Å²) in [6.07, 6.45) is -1.10. The molecule has 0 aromatic carbocycles. The van der Waals surface area contributed by atoms with Crippen LogP contribution in [0.5, 0.6) is 0 Å². The van der Waals surface area contributed by atoms with E-state index in [0.717, 1.165) is 14.1 Å². The van der Waals surface area contributed by atoms with E-state index in [0.29, 0.717) is 27.4 Å². The molecule has 2 heterocycles. The number of rotatable bonds is 9. The second-order valence-corrected chi connectivity index (χ2v) is 7.26. The Bertz CT molecular complexity index is 1330. The first-order chi connectivity index (χ1) is 15.0. The molecule has 0 saturated heterocycles. The predicted octanol–water partition coefficient (Wildman–Crippen LogP) is -4.25. The van der Waals surface area contributed by atoms with E-state index >= 15 is 0 Å². The molecule has 2 atom stereocenters. The topological polar surface area (TPSA) is 172 Å². The predicted molar refractivity (Wildman–Crippen MR) is 113 cm³/mol. The average Bonchev–Trinajstić information content (AvgIpc) is 2.77. The summed E-state index contributed by atoms with van der Waals surface area (Å²) >= 11 is 0. The molecule has 0 fully saturated rings. The van der Waals surface area contributed by atoms with Gasteiger partial charge in [-0.1, -0.05) is 13.0 Å². The Hall–Kier alpha value is -3.52. The average molecular weight is 454 g/mol. The Balaban J connectivity index is 2.57. The van der Waals surface area contributed by atoms with E-state index in [4.69, 9.17) is 0 Å². The van der Waals surface area contributed by atoms with Gasteiger partial charge in [0.25, 0.3) is 0 Å². The van der Waals surface area contributed by atoms with Crippen molar-refractivity contribution in [2.24, 2.45) is 14.1 Å². The third-order valence-electron chi connectivity index (χ3n) is 4.96. The summed E-state index contributed by atoms with van der Waals surface area (Å²) in [7, 11) is 2.31. The summed E-state index contributed by atoms with van der Waals surface area (Å²) in [6.45, 7) is 3.23. The van der Waals surface area contributed by atoms with Crippen molar-refractivity contribution in [2.45, 2.75) is 51.7 Å². The molecular formula is C18H26N6O8. The van der Waals surface area contributed by atoms with E-state index in [-0.39, 0.29) is 19.5 Å². The Labute approximate surface area is 179 Å². The summed E-state index contributed by atoms with van der Waals surface area (Å²) in [5.41, 5.74) is -5.85. The third kappa shape index (κ3) is 4.55. The molecule has 2 aromatic heterocycles. The van der Waals surface area contributed by atoms with Crippen LogP contribution in [-0.4, -0.2) is 49.8 Å². The lowest BCUT2D eigenvalue weighted by Gasteiger charge is -2.18. The zero-order valence-electron chi connectivity index (χ0n) is 18.0. The summed E-state index contributed by atoms with van der Waals surface area (Å²) in [5, 5.41) is 20.3. The molecule has 0 aliphatic carbocycles. The van der Waals surface area contributed by atoms with Gasteiger partial charge >= 0.3 is 34.1 Å². The van der Waals surface area contributed by atoms with Gasteiger partial charge in [0.05, 0.1) is 38.4 Å². The van der Waals surface area contributed by atoms with E-state index in [2.05, 4.69) is 6.58 Å². The number of hydrogen-bond acceptors (Lipinski definition) is 8. The number of aliphatic hydroxyl groups is 2. The Kier molecular flexibility index (Phi) is 7.53. The zero-order valence-corrected chi connectivity index (χ0v) is 18.0. The van der Waals surface area contributed by atoms with Crippen LogP contribution >= 0.6 is 0 Å². The molecule has 0 saturated carbocycles. The van der Waals surface area contributed by atoms with E-state index in [1.54, 1.807) is 6.92 Å². The highest BCUT2D eigenvalue weighted by molar-refractivity contribution is 4.84. The zero-order chi connectivity index (χ0) is 24.3. The second kappa shape index (κ2) is 9.74. The summed E-state index contributed by atoms with van der Waals surface area (Å²) < 4.78 is 3.89. The highest BCUT2D eigenvalue weighted by Gasteiger charge is 2.20. The second-order valence-electron chi connectivity index (χ2n) is 7.26. The molecule has 14 nitrogen and oxygen atoms in total. The molecule has 2 unspecified atom stereocenters. The minimum atomic E-state index is -1.58. The molecule has 2 rings (SSSR count). The molecule has 0 bridgehead atoms. The fourth-order valence-electron chi connectivity index (χ4n) is 3.09. The maximum absolute atomic E-state index is 12.8.